The average molecular weight is 222 g/mol. The molecule has 0 radical (unpaired) electrons. The van der Waals surface area contributed by atoms with E-state index in [1.165, 1.54) is 25.3 Å². The third-order valence-electron chi connectivity index (χ3n) is 2.21. The lowest BCUT2D eigenvalue weighted by atomic mass is 10.1. The van der Waals surface area contributed by atoms with Crippen LogP contribution < -0.4 is 4.74 Å². The van der Waals surface area contributed by atoms with Gasteiger partial charge in [0.25, 0.3) is 0 Å². The maximum absolute atomic E-state index is 13.0. The molecule has 0 amide bonds. The molecule has 84 valence electrons. The summed E-state index contributed by atoms with van der Waals surface area (Å²) in [5, 5.41) is 10.9. The zero-order valence-corrected chi connectivity index (χ0v) is 8.74. The molecule has 0 spiro atoms. The van der Waals surface area contributed by atoms with Gasteiger partial charge in [0.05, 0.1) is 0 Å². The van der Waals surface area contributed by atoms with Gasteiger partial charge in [-0.1, -0.05) is 6.07 Å². The van der Waals surface area contributed by atoms with Gasteiger partial charge in [0.2, 0.25) is 0 Å². The van der Waals surface area contributed by atoms with Gasteiger partial charge in [-0.2, -0.15) is 0 Å². The number of methoxy groups -OCH3 is 1. The molecule has 2 rings (SSSR count). The summed E-state index contributed by atoms with van der Waals surface area (Å²) in [6.07, 6.45) is 0. The van der Waals surface area contributed by atoms with Crippen LogP contribution in [0.15, 0.2) is 30.3 Å². The van der Waals surface area contributed by atoms with Crippen molar-refractivity contribution < 1.29 is 19.0 Å². The highest BCUT2D eigenvalue weighted by Gasteiger charge is 2.05. The van der Waals surface area contributed by atoms with E-state index in [1.54, 1.807) is 12.1 Å². The van der Waals surface area contributed by atoms with Crippen LogP contribution in [0.3, 0.4) is 0 Å². The molecule has 2 aromatic carbocycles. The fraction of sp³-hybridized carbons (Fsp3) is 0.167. The Morgan fingerprint density at radius 2 is 2.06 bits per heavy atom. The smallest absolute Gasteiger partial charge is 0.188 e. The number of rotatable bonds is 3. The number of benzene rings is 2. The van der Waals surface area contributed by atoms with E-state index in [1.807, 2.05) is 0 Å². The van der Waals surface area contributed by atoms with Crippen molar-refractivity contribution in [2.45, 2.75) is 0 Å². The first-order chi connectivity index (χ1) is 7.70. The van der Waals surface area contributed by atoms with E-state index in [0.717, 1.165) is 0 Å². The summed E-state index contributed by atoms with van der Waals surface area (Å²) in [4.78, 5) is 0. The van der Waals surface area contributed by atoms with E-state index in [9.17, 15) is 9.50 Å². The van der Waals surface area contributed by atoms with Crippen LogP contribution in [0.2, 0.25) is 0 Å². The highest BCUT2D eigenvalue weighted by molar-refractivity contribution is 5.89. The lowest BCUT2D eigenvalue weighted by molar-refractivity contribution is 0.0511. The molecule has 2 aromatic rings. The second kappa shape index (κ2) is 4.37. The highest BCUT2D eigenvalue weighted by atomic mass is 19.1. The van der Waals surface area contributed by atoms with Gasteiger partial charge >= 0.3 is 0 Å². The molecule has 1 N–H and O–H groups in total. The predicted molar refractivity (Wildman–Crippen MR) is 58.1 cm³/mol. The molecule has 0 atom stereocenters. The maximum Gasteiger partial charge on any atom is 0.188 e. The first-order valence-corrected chi connectivity index (χ1v) is 4.75. The van der Waals surface area contributed by atoms with Crippen molar-refractivity contribution in [1.82, 2.24) is 0 Å². The van der Waals surface area contributed by atoms with Crippen molar-refractivity contribution in [3.8, 4) is 11.5 Å². The van der Waals surface area contributed by atoms with Gasteiger partial charge in [-0.05, 0) is 23.6 Å². The van der Waals surface area contributed by atoms with Crippen LogP contribution in [0.25, 0.3) is 10.8 Å². The van der Waals surface area contributed by atoms with Crippen LogP contribution in [0.5, 0.6) is 11.5 Å². The third-order valence-corrected chi connectivity index (χ3v) is 2.21. The minimum Gasteiger partial charge on any atom is -0.507 e. The van der Waals surface area contributed by atoms with Crippen LogP contribution in [0.1, 0.15) is 0 Å². The van der Waals surface area contributed by atoms with E-state index in [4.69, 9.17) is 9.47 Å². The fourth-order valence-corrected chi connectivity index (χ4v) is 1.49. The molecule has 0 unspecified atom stereocenters. The van der Waals surface area contributed by atoms with Crippen LogP contribution >= 0.6 is 0 Å². The molecular formula is C12H11FO3. The van der Waals surface area contributed by atoms with Crippen LogP contribution in [0, 0.1) is 5.82 Å². The van der Waals surface area contributed by atoms with Gasteiger partial charge in [0, 0.05) is 18.6 Å². The molecule has 0 aliphatic carbocycles. The Morgan fingerprint density at radius 1 is 1.25 bits per heavy atom. The summed E-state index contributed by atoms with van der Waals surface area (Å²) in [6, 6.07) is 7.35. The van der Waals surface area contributed by atoms with Crippen molar-refractivity contribution >= 4 is 10.8 Å². The minimum atomic E-state index is -0.381. The summed E-state index contributed by atoms with van der Waals surface area (Å²) in [5.41, 5.74) is 0. The number of hydrogen-bond donors (Lipinski definition) is 1. The van der Waals surface area contributed by atoms with Crippen LogP contribution in [-0.2, 0) is 4.74 Å². The van der Waals surface area contributed by atoms with Crippen molar-refractivity contribution in [2.24, 2.45) is 0 Å². The third kappa shape index (κ3) is 2.06. The van der Waals surface area contributed by atoms with E-state index >= 15 is 0 Å². The summed E-state index contributed by atoms with van der Waals surface area (Å²) < 4.78 is 22.9. The Balaban J connectivity index is 2.46. The molecule has 3 nitrogen and oxygen atoms in total. The topological polar surface area (TPSA) is 38.7 Å². The molecule has 4 heteroatoms. The van der Waals surface area contributed by atoms with E-state index in [-0.39, 0.29) is 18.4 Å². The molecule has 0 aromatic heterocycles. The molecule has 0 bridgehead atoms. The minimum absolute atomic E-state index is 0.0110. The number of fused-ring (bicyclic) bond motifs is 1. The van der Waals surface area contributed by atoms with Crippen molar-refractivity contribution in [2.75, 3.05) is 13.9 Å². The summed E-state index contributed by atoms with van der Waals surface area (Å²) in [6.45, 7) is 0.103. The fourth-order valence-electron chi connectivity index (χ4n) is 1.49. The molecule has 0 saturated heterocycles. The lowest BCUT2D eigenvalue weighted by Crippen LogP contribution is -1.98. The first-order valence-electron chi connectivity index (χ1n) is 4.75. The largest absolute Gasteiger partial charge is 0.507 e. The summed E-state index contributed by atoms with van der Waals surface area (Å²) in [7, 11) is 1.51. The van der Waals surface area contributed by atoms with Gasteiger partial charge in [-0.25, -0.2) is 4.39 Å². The van der Waals surface area contributed by atoms with Gasteiger partial charge in [0.1, 0.15) is 17.3 Å². The van der Waals surface area contributed by atoms with Crippen LogP contribution in [0.4, 0.5) is 4.39 Å². The molecule has 0 heterocycles. The Labute approximate surface area is 92.0 Å². The SMILES string of the molecule is COCOc1cc(O)c2cc(F)ccc2c1. The van der Waals surface area contributed by atoms with E-state index in [2.05, 4.69) is 0 Å². The van der Waals surface area contributed by atoms with Gasteiger partial charge in [-0.3, -0.25) is 0 Å². The average Bonchev–Trinajstić information content (AvgIpc) is 2.27. The van der Waals surface area contributed by atoms with E-state index in [0.29, 0.717) is 16.5 Å². The van der Waals surface area contributed by atoms with Crippen molar-refractivity contribution in [1.29, 1.82) is 0 Å². The van der Waals surface area contributed by atoms with Gasteiger partial charge in [-0.15, -0.1) is 0 Å². The number of ether oxygens (including phenoxy) is 2. The molecule has 16 heavy (non-hydrogen) atoms. The Hall–Kier alpha value is -1.81. The predicted octanol–water partition coefficient (Wildman–Crippen LogP) is 2.67. The Bertz CT molecular complexity index is 511. The number of hydrogen-bond acceptors (Lipinski definition) is 3. The zero-order valence-electron chi connectivity index (χ0n) is 8.74. The second-order valence-corrected chi connectivity index (χ2v) is 3.36. The molecular weight excluding hydrogens is 211 g/mol. The number of aromatic hydroxyl groups is 1. The number of halogens is 1. The lowest BCUT2D eigenvalue weighted by Gasteiger charge is -2.07. The zero-order chi connectivity index (χ0) is 11.5. The van der Waals surface area contributed by atoms with E-state index < -0.39 is 0 Å². The molecule has 0 fully saturated rings. The van der Waals surface area contributed by atoms with Crippen molar-refractivity contribution in [3.63, 3.8) is 0 Å². The summed E-state index contributed by atoms with van der Waals surface area (Å²) in [5.74, 6) is 0.0925. The Kier molecular flexibility index (Phi) is 2.92. The first kappa shape index (κ1) is 10.7. The maximum atomic E-state index is 13.0. The Morgan fingerprint density at radius 3 is 2.81 bits per heavy atom. The number of phenols is 1. The monoisotopic (exact) mass is 222 g/mol. The standard InChI is InChI=1S/C12H11FO3/c1-15-7-16-10-4-8-2-3-9(13)5-11(8)12(14)6-10/h2-6,14H,7H2,1H3. The highest BCUT2D eigenvalue weighted by Crippen LogP contribution is 2.30. The molecule has 0 saturated carbocycles. The van der Waals surface area contributed by atoms with Crippen molar-refractivity contribution in [3.05, 3.63) is 36.1 Å². The van der Waals surface area contributed by atoms with Gasteiger partial charge < -0.3 is 14.6 Å². The number of phenolic OH excluding ortho intramolecular Hbond substituents is 1. The normalized spacial score (nSPS) is 10.6. The quantitative estimate of drug-likeness (QED) is 0.811. The second-order valence-electron chi connectivity index (χ2n) is 3.36. The molecule has 0 aliphatic rings. The van der Waals surface area contributed by atoms with Crippen LogP contribution in [-0.4, -0.2) is 19.0 Å². The van der Waals surface area contributed by atoms with Gasteiger partial charge in [0.15, 0.2) is 6.79 Å². The summed E-state index contributed by atoms with van der Waals surface area (Å²) >= 11 is 0. The molecule has 0 aliphatic heterocycles.